The minimum Gasteiger partial charge on any atom is -0.391 e. The second-order valence-electron chi connectivity index (χ2n) is 7.05. The molecule has 1 aliphatic heterocycles. The third kappa shape index (κ3) is 4.07. The Kier molecular flexibility index (Phi) is 5.39. The number of aromatic nitrogens is 2. The van der Waals surface area contributed by atoms with E-state index in [1.165, 1.54) is 0 Å². The number of benzene rings is 2. The Bertz CT molecular complexity index is 924. The number of rotatable bonds is 4. The van der Waals surface area contributed by atoms with E-state index in [4.69, 9.17) is 5.10 Å². The zero-order valence-corrected chi connectivity index (χ0v) is 15.7. The van der Waals surface area contributed by atoms with Gasteiger partial charge in [0.15, 0.2) is 0 Å². The van der Waals surface area contributed by atoms with Crippen LogP contribution in [0.1, 0.15) is 18.4 Å². The van der Waals surface area contributed by atoms with Gasteiger partial charge < -0.3 is 15.3 Å². The molecule has 1 unspecified atom stereocenters. The number of aliphatic hydroxyl groups excluding tert-OH is 1. The molecule has 0 saturated carbocycles. The van der Waals surface area contributed by atoms with Gasteiger partial charge in [0.25, 0.3) is 0 Å². The minimum atomic E-state index is -0.430. The number of hydrogen-bond acceptors (Lipinski definition) is 3. The number of likely N-dealkylation sites (tertiary alicyclic amines) is 1. The number of hydrogen-bond donors (Lipinski definition) is 2. The Hall–Kier alpha value is -3.12. The van der Waals surface area contributed by atoms with Crippen molar-refractivity contribution in [2.75, 3.05) is 13.1 Å². The van der Waals surface area contributed by atoms with Crippen LogP contribution in [-0.4, -0.2) is 45.0 Å². The van der Waals surface area contributed by atoms with E-state index in [-0.39, 0.29) is 6.03 Å². The van der Waals surface area contributed by atoms with Crippen molar-refractivity contribution in [1.82, 2.24) is 20.0 Å². The number of carbonyl (C=O) groups is 1. The van der Waals surface area contributed by atoms with Crippen molar-refractivity contribution in [2.45, 2.75) is 25.5 Å². The van der Waals surface area contributed by atoms with Gasteiger partial charge in [-0.25, -0.2) is 9.48 Å². The van der Waals surface area contributed by atoms with Crippen LogP contribution >= 0.6 is 0 Å². The quantitative estimate of drug-likeness (QED) is 0.735. The van der Waals surface area contributed by atoms with Crippen molar-refractivity contribution < 1.29 is 9.90 Å². The number of piperidine rings is 1. The van der Waals surface area contributed by atoms with Crippen LogP contribution in [0.15, 0.2) is 66.9 Å². The van der Waals surface area contributed by atoms with Crippen LogP contribution in [0.2, 0.25) is 0 Å². The van der Waals surface area contributed by atoms with Gasteiger partial charge in [0, 0.05) is 37.0 Å². The second-order valence-corrected chi connectivity index (χ2v) is 7.05. The van der Waals surface area contributed by atoms with Gasteiger partial charge >= 0.3 is 6.03 Å². The molecule has 2 heterocycles. The number of carbonyl (C=O) groups excluding carboxylic acids is 1. The Morgan fingerprint density at radius 2 is 1.82 bits per heavy atom. The van der Waals surface area contributed by atoms with Gasteiger partial charge in [-0.15, -0.1) is 0 Å². The van der Waals surface area contributed by atoms with Gasteiger partial charge in [-0.3, -0.25) is 0 Å². The fraction of sp³-hybridized carbons (Fsp3) is 0.273. The van der Waals surface area contributed by atoms with Gasteiger partial charge in [0.1, 0.15) is 0 Å². The lowest BCUT2D eigenvalue weighted by Gasteiger charge is -2.30. The van der Waals surface area contributed by atoms with Crippen LogP contribution in [0.25, 0.3) is 16.9 Å². The van der Waals surface area contributed by atoms with E-state index >= 15 is 0 Å². The van der Waals surface area contributed by atoms with E-state index in [0.29, 0.717) is 19.6 Å². The van der Waals surface area contributed by atoms with Crippen LogP contribution in [-0.2, 0) is 6.54 Å². The number of urea groups is 1. The van der Waals surface area contributed by atoms with Gasteiger partial charge in [0.2, 0.25) is 0 Å². The fourth-order valence-electron chi connectivity index (χ4n) is 3.51. The lowest BCUT2D eigenvalue weighted by molar-refractivity contribution is 0.0842. The molecular formula is C22H24N4O2. The van der Waals surface area contributed by atoms with Crippen molar-refractivity contribution in [1.29, 1.82) is 0 Å². The average molecular weight is 376 g/mol. The Labute approximate surface area is 164 Å². The lowest BCUT2D eigenvalue weighted by atomic mass is 10.1. The first-order chi connectivity index (χ1) is 13.7. The van der Waals surface area contributed by atoms with E-state index in [9.17, 15) is 9.90 Å². The topological polar surface area (TPSA) is 70.4 Å². The minimum absolute atomic E-state index is 0.148. The van der Waals surface area contributed by atoms with E-state index in [1.54, 1.807) is 4.90 Å². The van der Waals surface area contributed by atoms with Crippen molar-refractivity contribution >= 4 is 6.03 Å². The predicted octanol–water partition coefficient (Wildman–Crippen LogP) is 3.21. The third-order valence-electron chi connectivity index (χ3n) is 4.97. The first kappa shape index (κ1) is 18.3. The molecule has 144 valence electrons. The maximum Gasteiger partial charge on any atom is 0.317 e. The van der Waals surface area contributed by atoms with Gasteiger partial charge in [-0.1, -0.05) is 48.5 Å². The van der Waals surface area contributed by atoms with Crippen LogP contribution in [0.4, 0.5) is 4.79 Å². The summed E-state index contributed by atoms with van der Waals surface area (Å²) in [5.74, 6) is 0. The highest BCUT2D eigenvalue weighted by Gasteiger charge is 2.22. The third-order valence-corrected chi connectivity index (χ3v) is 4.97. The summed E-state index contributed by atoms with van der Waals surface area (Å²) in [5, 5.41) is 17.6. The summed E-state index contributed by atoms with van der Waals surface area (Å²) in [4.78, 5) is 14.2. The smallest absolute Gasteiger partial charge is 0.317 e. The van der Waals surface area contributed by atoms with Crippen molar-refractivity contribution in [2.24, 2.45) is 0 Å². The summed E-state index contributed by atoms with van der Waals surface area (Å²) in [7, 11) is 0. The molecule has 1 aliphatic rings. The molecule has 0 spiro atoms. The molecule has 1 atom stereocenters. The number of amides is 2. The molecule has 1 fully saturated rings. The molecule has 2 amide bonds. The second kappa shape index (κ2) is 8.27. The van der Waals surface area contributed by atoms with E-state index in [1.807, 2.05) is 71.5 Å². The monoisotopic (exact) mass is 376 g/mol. The average Bonchev–Trinajstić information content (AvgIpc) is 3.17. The molecule has 2 aromatic carbocycles. The molecule has 4 rings (SSSR count). The molecular weight excluding hydrogens is 352 g/mol. The Balaban J connectivity index is 1.56. The fourth-order valence-corrected chi connectivity index (χ4v) is 3.51. The number of para-hydroxylation sites is 1. The first-order valence-corrected chi connectivity index (χ1v) is 9.61. The highest BCUT2D eigenvalue weighted by molar-refractivity contribution is 5.75. The van der Waals surface area contributed by atoms with Crippen molar-refractivity contribution in [3.05, 3.63) is 72.4 Å². The summed E-state index contributed by atoms with van der Waals surface area (Å²) >= 11 is 0. The molecule has 28 heavy (non-hydrogen) atoms. The predicted molar refractivity (Wildman–Crippen MR) is 108 cm³/mol. The standard InChI is InChI=1S/C22H24N4O2/c27-20-12-7-13-25(16-20)22(28)23-14-18-15-26(19-10-5-2-6-11-19)24-21(18)17-8-3-1-4-9-17/h1-6,8-11,15,20,27H,7,12-14,16H2,(H,23,28). The van der Waals surface area contributed by atoms with Crippen LogP contribution in [0, 0.1) is 0 Å². The van der Waals surface area contributed by atoms with Gasteiger partial charge in [-0.05, 0) is 25.0 Å². The summed E-state index contributed by atoms with van der Waals surface area (Å²) in [6.45, 7) is 1.45. The molecule has 2 N–H and O–H groups in total. The normalized spacial score (nSPS) is 16.8. The zero-order chi connectivity index (χ0) is 19.3. The molecule has 0 bridgehead atoms. The zero-order valence-electron chi connectivity index (χ0n) is 15.7. The van der Waals surface area contributed by atoms with Gasteiger partial charge in [-0.2, -0.15) is 5.10 Å². The largest absolute Gasteiger partial charge is 0.391 e. The number of aliphatic hydroxyl groups is 1. The number of nitrogens with zero attached hydrogens (tertiary/aromatic N) is 3. The molecule has 0 aliphatic carbocycles. The molecule has 0 radical (unpaired) electrons. The first-order valence-electron chi connectivity index (χ1n) is 9.61. The summed E-state index contributed by atoms with van der Waals surface area (Å²) in [6.07, 6.45) is 3.12. The Morgan fingerprint density at radius 1 is 1.11 bits per heavy atom. The summed E-state index contributed by atoms with van der Waals surface area (Å²) < 4.78 is 1.84. The van der Waals surface area contributed by atoms with Crippen molar-refractivity contribution in [3.8, 4) is 16.9 Å². The summed E-state index contributed by atoms with van der Waals surface area (Å²) in [6, 6.07) is 19.7. The van der Waals surface area contributed by atoms with Crippen LogP contribution < -0.4 is 5.32 Å². The molecule has 1 aromatic heterocycles. The maximum absolute atomic E-state index is 12.5. The molecule has 6 nitrogen and oxygen atoms in total. The van der Waals surface area contributed by atoms with E-state index in [0.717, 1.165) is 35.3 Å². The molecule has 1 saturated heterocycles. The lowest BCUT2D eigenvalue weighted by Crippen LogP contribution is -2.46. The highest BCUT2D eigenvalue weighted by atomic mass is 16.3. The highest BCUT2D eigenvalue weighted by Crippen LogP contribution is 2.23. The molecule has 6 heteroatoms. The van der Waals surface area contributed by atoms with E-state index in [2.05, 4.69) is 5.32 Å². The Morgan fingerprint density at radius 3 is 2.54 bits per heavy atom. The van der Waals surface area contributed by atoms with E-state index < -0.39 is 6.10 Å². The van der Waals surface area contributed by atoms with Crippen LogP contribution in [0.5, 0.6) is 0 Å². The van der Waals surface area contributed by atoms with Crippen molar-refractivity contribution in [3.63, 3.8) is 0 Å². The summed E-state index contributed by atoms with van der Waals surface area (Å²) in [5.41, 5.74) is 3.77. The number of nitrogens with one attached hydrogen (secondary N) is 1. The number of β-amino-alcohol motifs (C(OH)–C–C–N with tert-alkyl or cyclic N) is 1. The maximum atomic E-state index is 12.5. The SMILES string of the molecule is O=C(NCc1cn(-c2ccccc2)nc1-c1ccccc1)N1CCCC(O)C1. The van der Waals surface area contributed by atoms with Crippen LogP contribution in [0.3, 0.4) is 0 Å². The molecule has 3 aromatic rings. The van der Waals surface area contributed by atoms with Gasteiger partial charge in [0.05, 0.1) is 17.5 Å².